The zero-order valence-corrected chi connectivity index (χ0v) is 15.3. The van der Waals surface area contributed by atoms with Gasteiger partial charge in [0.15, 0.2) is 0 Å². The number of hydrogen-bond donors (Lipinski definition) is 1. The fraction of sp³-hybridized carbons (Fsp3) is 0.263. The molecule has 0 atom stereocenters. The Morgan fingerprint density at radius 3 is 2.56 bits per heavy atom. The smallest absolute Gasteiger partial charge is 0.259 e. The maximum absolute atomic E-state index is 12.5. The van der Waals surface area contributed by atoms with E-state index < -0.39 is 0 Å². The van der Waals surface area contributed by atoms with Crippen molar-refractivity contribution in [2.24, 2.45) is 5.92 Å². The number of aryl methyl sites for hydroxylation is 1. The van der Waals surface area contributed by atoms with Gasteiger partial charge in [0.05, 0.1) is 17.0 Å². The molecule has 0 unspecified atom stereocenters. The first-order valence-electron chi connectivity index (χ1n) is 8.19. The number of benzene rings is 1. The molecule has 0 aliphatic heterocycles. The number of carbonyl (C=O) groups excluding carboxylic acids is 1. The van der Waals surface area contributed by atoms with Crippen LogP contribution in [0, 0.1) is 12.8 Å². The molecule has 5 nitrogen and oxygen atoms in total. The van der Waals surface area contributed by atoms with Crippen LogP contribution in [0.4, 0.5) is 5.13 Å². The Balaban J connectivity index is 1.75. The van der Waals surface area contributed by atoms with Gasteiger partial charge in [-0.3, -0.25) is 15.1 Å². The fourth-order valence-electron chi connectivity index (χ4n) is 2.47. The zero-order valence-electron chi connectivity index (χ0n) is 14.5. The standard InChI is InChI=1S/C19H20N4OS/c1-12(2)11-17-22-23-19(25-17)21-18(24)15-9-10-16(20-13(15)3)14-7-5-4-6-8-14/h4-10,12H,11H2,1-3H3,(H,21,23,24). The summed E-state index contributed by atoms with van der Waals surface area (Å²) in [4.78, 5) is 17.1. The van der Waals surface area contributed by atoms with Crippen molar-refractivity contribution >= 4 is 22.4 Å². The monoisotopic (exact) mass is 352 g/mol. The van der Waals surface area contributed by atoms with E-state index in [9.17, 15) is 4.79 Å². The Hall–Kier alpha value is -2.60. The Labute approximate surface area is 151 Å². The van der Waals surface area contributed by atoms with Crippen molar-refractivity contribution in [2.75, 3.05) is 5.32 Å². The normalized spacial score (nSPS) is 10.9. The van der Waals surface area contributed by atoms with Gasteiger partial charge in [0.2, 0.25) is 5.13 Å². The van der Waals surface area contributed by atoms with E-state index in [-0.39, 0.29) is 5.91 Å². The highest BCUT2D eigenvalue weighted by Gasteiger charge is 2.14. The van der Waals surface area contributed by atoms with Gasteiger partial charge in [-0.05, 0) is 25.0 Å². The molecular weight excluding hydrogens is 332 g/mol. The van der Waals surface area contributed by atoms with Crippen LogP contribution in [0.15, 0.2) is 42.5 Å². The molecule has 0 saturated heterocycles. The van der Waals surface area contributed by atoms with Crippen LogP contribution in [0.2, 0.25) is 0 Å². The maximum atomic E-state index is 12.5. The molecule has 0 fully saturated rings. The molecule has 0 spiro atoms. The first-order chi connectivity index (χ1) is 12.0. The third-order valence-corrected chi connectivity index (χ3v) is 4.53. The largest absolute Gasteiger partial charge is 0.296 e. The molecule has 25 heavy (non-hydrogen) atoms. The van der Waals surface area contributed by atoms with Crippen LogP contribution in [0.5, 0.6) is 0 Å². The van der Waals surface area contributed by atoms with Crippen molar-refractivity contribution in [1.29, 1.82) is 0 Å². The summed E-state index contributed by atoms with van der Waals surface area (Å²) >= 11 is 1.42. The molecule has 1 aromatic carbocycles. The SMILES string of the molecule is Cc1nc(-c2ccccc2)ccc1C(=O)Nc1nnc(CC(C)C)s1. The minimum atomic E-state index is -0.211. The van der Waals surface area contributed by atoms with Gasteiger partial charge in [0.1, 0.15) is 5.01 Å². The molecule has 0 aliphatic carbocycles. The van der Waals surface area contributed by atoms with Gasteiger partial charge in [-0.1, -0.05) is 55.5 Å². The lowest BCUT2D eigenvalue weighted by Crippen LogP contribution is -2.14. The highest BCUT2D eigenvalue weighted by molar-refractivity contribution is 7.15. The lowest BCUT2D eigenvalue weighted by Gasteiger charge is -2.07. The number of hydrogen-bond acceptors (Lipinski definition) is 5. The topological polar surface area (TPSA) is 67.8 Å². The summed E-state index contributed by atoms with van der Waals surface area (Å²) in [5.41, 5.74) is 3.11. The summed E-state index contributed by atoms with van der Waals surface area (Å²) in [5, 5.41) is 12.4. The molecule has 0 radical (unpaired) electrons. The number of rotatable bonds is 5. The highest BCUT2D eigenvalue weighted by atomic mass is 32.1. The maximum Gasteiger partial charge on any atom is 0.259 e. The van der Waals surface area contributed by atoms with E-state index in [1.165, 1.54) is 11.3 Å². The summed E-state index contributed by atoms with van der Waals surface area (Å²) in [6.07, 6.45) is 0.861. The molecule has 1 N–H and O–H groups in total. The predicted octanol–water partition coefficient (Wildman–Crippen LogP) is 4.36. The first-order valence-corrected chi connectivity index (χ1v) is 9.01. The Kier molecular flexibility index (Phi) is 5.19. The van der Waals surface area contributed by atoms with Gasteiger partial charge in [-0.25, -0.2) is 0 Å². The number of carbonyl (C=O) groups is 1. The number of aromatic nitrogens is 3. The first kappa shape index (κ1) is 17.2. The van der Waals surface area contributed by atoms with Crippen molar-refractivity contribution in [2.45, 2.75) is 27.2 Å². The molecule has 3 aromatic rings. The molecule has 128 valence electrons. The molecule has 3 rings (SSSR count). The van der Waals surface area contributed by atoms with Crippen LogP contribution >= 0.6 is 11.3 Å². The second-order valence-corrected chi connectivity index (χ2v) is 7.31. The molecule has 0 aliphatic rings. The van der Waals surface area contributed by atoms with E-state index in [0.29, 0.717) is 22.3 Å². The number of pyridine rings is 1. The van der Waals surface area contributed by atoms with E-state index >= 15 is 0 Å². The number of nitrogens with one attached hydrogen (secondary N) is 1. The lowest BCUT2D eigenvalue weighted by atomic mass is 10.1. The fourth-order valence-corrected chi connectivity index (χ4v) is 3.42. The van der Waals surface area contributed by atoms with Crippen LogP contribution in [0.25, 0.3) is 11.3 Å². The predicted molar refractivity (Wildman–Crippen MR) is 101 cm³/mol. The quantitative estimate of drug-likeness (QED) is 0.741. The van der Waals surface area contributed by atoms with Gasteiger partial charge < -0.3 is 0 Å². The minimum Gasteiger partial charge on any atom is -0.296 e. The molecule has 1 amide bonds. The van der Waals surface area contributed by atoms with Crippen molar-refractivity contribution in [1.82, 2.24) is 15.2 Å². The van der Waals surface area contributed by atoms with Crippen molar-refractivity contribution in [3.8, 4) is 11.3 Å². The van der Waals surface area contributed by atoms with Gasteiger partial charge >= 0.3 is 0 Å². The molecule has 2 heterocycles. The summed E-state index contributed by atoms with van der Waals surface area (Å²) in [5.74, 6) is 0.297. The van der Waals surface area contributed by atoms with Gasteiger partial charge in [-0.2, -0.15) is 0 Å². The average Bonchev–Trinajstić information content (AvgIpc) is 3.01. The van der Waals surface area contributed by atoms with E-state index in [0.717, 1.165) is 22.7 Å². The van der Waals surface area contributed by atoms with Gasteiger partial charge in [-0.15, -0.1) is 10.2 Å². The van der Waals surface area contributed by atoms with Gasteiger partial charge in [0.25, 0.3) is 5.91 Å². The highest BCUT2D eigenvalue weighted by Crippen LogP contribution is 2.21. The molecule has 0 saturated carbocycles. The molecule has 2 aromatic heterocycles. The van der Waals surface area contributed by atoms with Crippen molar-refractivity contribution in [3.63, 3.8) is 0 Å². The molecule has 6 heteroatoms. The van der Waals surface area contributed by atoms with Crippen LogP contribution in [0.1, 0.15) is 34.9 Å². The summed E-state index contributed by atoms with van der Waals surface area (Å²) in [6, 6.07) is 13.6. The minimum absolute atomic E-state index is 0.211. The Bertz CT molecular complexity index is 874. The number of anilines is 1. The van der Waals surface area contributed by atoms with Crippen molar-refractivity contribution in [3.05, 3.63) is 58.7 Å². The van der Waals surface area contributed by atoms with Crippen LogP contribution in [-0.2, 0) is 6.42 Å². The van der Waals surface area contributed by atoms with E-state index in [1.54, 1.807) is 6.07 Å². The average molecular weight is 352 g/mol. The third-order valence-electron chi connectivity index (χ3n) is 3.67. The summed E-state index contributed by atoms with van der Waals surface area (Å²) in [7, 11) is 0. The van der Waals surface area contributed by atoms with Crippen LogP contribution < -0.4 is 5.32 Å². The van der Waals surface area contributed by atoms with Crippen LogP contribution in [-0.4, -0.2) is 21.1 Å². The Morgan fingerprint density at radius 1 is 1.12 bits per heavy atom. The lowest BCUT2D eigenvalue weighted by molar-refractivity contribution is 0.102. The summed E-state index contributed by atoms with van der Waals surface area (Å²) < 4.78 is 0. The van der Waals surface area contributed by atoms with E-state index in [1.807, 2.05) is 43.3 Å². The third kappa shape index (κ3) is 4.28. The van der Waals surface area contributed by atoms with E-state index in [4.69, 9.17) is 0 Å². The zero-order chi connectivity index (χ0) is 17.8. The molecule has 0 bridgehead atoms. The second kappa shape index (κ2) is 7.53. The van der Waals surface area contributed by atoms with Crippen molar-refractivity contribution < 1.29 is 4.79 Å². The van der Waals surface area contributed by atoms with E-state index in [2.05, 4.69) is 34.3 Å². The number of nitrogens with zero attached hydrogens (tertiary/aromatic N) is 3. The number of amides is 1. The Morgan fingerprint density at radius 2 is 1.88 bits per heavy atom. The van der Waals surface area contributed by atoms with Gasteiger partial charge in [0, 0.05) is 12.0 Å². The summed E-state index contributed by atoms with van der Waals surface area (Å²) in [6.45, 7) is 6.09. The second-order valence-electron chi connectivity index (χ2n) is 6.25. The molecular formula is C19H20N4OS. The van der Waals surface area contributed by atoms with Crippen LogP contribution in [0.3, 0.4) is 0 Å².